The minimum Gasteiger partial charge on any atom is -0.338 e. The van der Waals surface area contributed by atoms with Crippen LogP contribution in [0.1, 0.15) is 25.0 Å². The lowest BCUT2D eigenvalue weighted by Crippen LogP contribution is -2.33. The van der Waals surface area contributed by atoms with Crippen molar-refractivity contribution in [3.63, 3.8) is 0 Å². The molecule has 0 radical (unpaired) electrons. The van der Waals surface area contributed by atoms with Gasteiger partial charge in [0.25, 0.3) is 0 Å². The number of rotatable bonds is 4. The molecule has 0 amide bonds. The number of pyridine rings is 1. The third-order valence-electron chi connectivity index (χ3n) is 5.90. The number of nitrogens with zero attached hydrogens (tertiary/aromatic N) is 4. The van der Waals surface area contributed by atoms with Crippen LogP contribution in [0.5, 0.6) is 0 Å². The Kier molecular flexibility index (Phi) is 5.91. The second-order valence-corrected chi connectivity index (χ2v) is 9.08. The third kappa shape index (κ3) is 4.21. The van der Waals surface area contributed by atoms with Gasteiger partial charge in [0.1, 0.15) is 11.9 Å². The molecule has 1 N–H and O–H groups in total. The summed E-state index contributed by atoms with van der Waals surface area (Å²) in [4.78, 5) is 11.6. The zero-order chi connectivity index (χ0) is 23.7. The number of halogens is 1. The first-order valence-electron chi connectivity index (χ1n) is 11.3. The molecule has 0 saturated carbocycles. The Balaban J connectivity index is 1.63. The van der Waals surface area contributed by atoms with Gasteiger partial charge in [-0.25, -0.2) is 4.98 Å². The summed E-state index contributed by atoms with van der Waals surface area (Å²) in [6, 6.07) is 22.3. The van der Waals surface area contributed by atoms with Crippen molar-refractivity contribution >= 4 is 34.5 Å². The molecule has 3 aromatic rings. The normalized spacial score (nSPS) is 18.0. The van der Waals surface area contributed by atoms with E-state index in [-0.39, 0.29) is 12.0 Å². The van der Waals surface area contributed by atoms with E-state index < -0.39 is 0 Å². The Morgan fingerprint density at radius 3 is 2.68 bits per heavy atom. The van der Waals surface area contributed by atoms with Crippen LogP contribution in [0, 0.1) is 17.2 Å². The maximum absolute atomic E-state index is 9.53. The quantitative estimate of drug-likeness (QED) is 0.468. The van der Waals surface area contributed by atoms with Crippen LogP contribution in [0.4, 0.5) is 17.2 Å². The van der Waals surface area contributed by atoms with Crippen LogP contribution in [-0.2, 0) is 6.42 Å². The van der Waals surface area contributed by atoms with Gasteiger partial charge in [0.05, 0.1) is 17.0 Å². The summed E-state index contributed by atoms with van der Waals surface area (Å²) in [5.41, 5.74) is 6.86. The molecule has 0 fully saturated rings. The van der Waals surface area contributed by atoms with E-state index in [1.165, 1.54) is 5.56 Å². The lowest BCUT2D eigenvalue weighted by Gasteiger charge is -2.40. The van der Waals surface area contributed by atoms with Crippen LogP contribution in [0.25, 0.3) is 0 Å². The lowest BCUT2D eigenvalue weighted by atomic mass is 9.84. The second-order valence-electron chi connectivity index (χ2n) is 8.65. The molecule has 5 nitrogen and oxygen atoms in total. The molecule has 1 atom stereocenters. The summed E-state index contributed by atoms with van der Waals surface area (Å²) in [6.45, 7) is 4.12. The van der Waals surface area contributed by atoms with E-state index in [9.17, 15) is 5.26 Å². The fourth-order valence-electron chi connectivity index (χ4n) is 4.46. The zero-order valence-electron chi connectivity index (χ0n) is 19.0. The minimum atomic E-state index is 0.104. The Morgan fingerprint density at radius 2 is 1.91 bits per heavy atom. The molecule has 0 saturated heterocycles. The van der Waals surface area contributed by atoms with Crippen LogP contribution < -0.4 is 10.2 Å². The van der Waals surface area contributed by atoms with Crippen molar-refractivity contribution in [1.29, 1.82) is 5.26 Å². The molecule has 2 aromatic carbocycles. The summed E-state index contributed by atoms with van der Waals surface area (Å²) in [5, 5.41) is 13.6. The number of benzene rings is 2. The first-order chi connectivity index (χ1) is 16.5. The first-order valence-corrected chi connectivity index (χ1v) is 11.7. The molecule has 6 heteroatoms. The first kappa shape index (κ1) is 21.9. The summed E-state index contributed by atoms with van der Waals surface area (Å²) >= 11 is 6.19. The molecule has 1 aliphatic carbocycles. The Bertz CT molecular complexity index is 1360. The van der Waals surface area contributed by atoms with Crippen molar-refractivity contribution in [3.05, 3.63) is 107 Å². The fraction of sp³-hybridized carbons (Fsp3) is 0.179. The van der Waals surface area contributed by atoms with E-state index in [0.717, 1.165) is 34.9 Å². The fourth-order valence-corrected chi connectivity index (χ4v) is 4.59. The summed E-state index contributed by atoms with van der Waals surface area (Å²) < 4.78 is 0. The van der Waals surface area contributed by atoms with Gasteiger partial charge >= 0.3 is 0 Å². The summed E-state index contributed by atoms with van der Waals surface area (Å²) in [5.74, 6) is 0.670. The molecule has 168 valence electrons. The minimum absolute atomic E-state index is 0.104. The van der Waals surface area contributed by atoms with E-state index in [0.29, 0.717) is 16.4 Å². The molecule has 0 spiro atoms. The van der Waals surface area contributed by atoms with Gasteiger partial charge in [-0.15, -0.1) is 0 Å². The SMILES string of the molecule is CC(C)N=C1C=C2C(C=C1Nc1ncccc1C#N)Cc1ccccc1N2c1ccc(Cl)cc1. The highest BCUT2D eigenvalue weighted by molar-refractivity contribution is 6.30. The van der Waals surface area contributed by atoms with Crippen molar-refractivity contribution in [1.82, 2.24) is 4.98 Å². The highest BCUT2D eigenvalue weighted by Crippen LogP contribution is 2.44. The maximum Gasteiger partial charge on any atom is 0.148 e. The largest absolute Gasteiger partial charge is 0.338 e. The molecule has 1 aromatic heterocycles. The second kappa shape index (κ2) is 9.17. The number of nitriles is 1. The van der Waals surface area contributed by atoms with Crippen LogP contribution in [0.15, 0.2) is 95.4 Å². The number of allylic oxidation sites excluding steroid dienone is 2. The number of hydrogen-bond donors (Lipinski definition) is 1. The molecule has 5 rings (SSSR count). The topological polar surface area (TPSA) is 64.3 Å². The van der Waals surface area contributed by atoms with Gasteiger partial charge in [-0.2, -0.15) is 5.26 Å². The number of hydrogen-bond acceptors (Lipinski definition) is 5. The van der Waals surface area contributed by atoms with Gasteiger partial charge in [-0.3, -0.25) is 4.99 Å². The van der Waals surface area contributed by atoms with E-state index in [1.807, 2.05) is 24.3 Å². The number of aromatic nitrogens is 1. The van der Waals surface area contributed by atoms with Crippen molar-refractivity contribution in [3.8, 4) is 6.07 Å². The van der Waals surface area contributed by atoms with Crippen LogP contribution in [-0.4, -0.2) is 16.7 Å². The predicted octanol–water partition coefficient (Wildman–Crippen LogP) is 6.66. The van der Waals surface area contributed by atoms with Gasteiger partial charge in [0.15, 0.2) is 0 Å². The number of anilines is 3. The molecule has 0 bridgehead atoms. The molecule has 1 unspecified atom stereocenters. The Hall–Kier alpha value is -3.88. The van der Waals surface area contributed by atoms with E-state index in [2.05, 4.69) is 71.5 Å². The van der Waals surface area contributed by atoms with Crippen molar-refractivity contribution in [2.45, 2.75) is 26.3 Å². The molecule has 2 heterocycles. The lowest BCUT2D eigenvalue weighted by molar-refractivity contribution is 0.698. The van der Waals surface area contributed by atoms with Crippen molar-refractivity contribution in [2.24, 2.45) is 10.9 Å². The summed E-state index contributed by atoms with van der Waals surface area (Å²) in [6.07, 6.45) is 6.93. The number of para-hydroxylation sites is 1. The Morgan fingerprint density at radius 1 is 1.12 bits per heavy atom. The van der Waals surface area contributed by atoms with Crippen LogP contribution in [0.2, 0.25) is 5.02 Å². The Labute approximate surface area is 204 Å². The van der Waals surface area contributed by atoms with Crippen LogP contribution in [0.3, 0.4) is 0 Å². The monoisotopic (exact) mass is 465 g/mol. The molecule has 2 aliphatic rings. The number of aliphatic imine (C=N–C) groups is 1. The van der Waals surface area contributed by atoms with Crippen molar-refractivity contribution in [2.75, 3.05) is 10.2 Å². The highest BCUT2D eigenvalue weighted by atomic mass is 35.5. The van der Waals surface area contributed by atoms with Gasteiger partial charge in [0.2, 0.25) is 0 Å². The molecular weight excluding hydrogens is 442 g/mol. The van der Waals surface area contributed by atoms with Gasteiger partial charge < -0.3 is 10.2 Å². The van der Waals surface area contributed by atoms with Gasteiger partial charge in [-0.1, -0.05) is 29.8 Å². The van der Waals surface area contributed by atoms with Gasteiger partial charge in [0, 0.05) is 40.3 Å². The summed E-state index contributed by atoms with van der Waals surface area (Å²) in [7, 11) is 0. The van der Waals surface area contributed by atoms with E-state index in [1.54, 1.807) is 18.3 Å². The number of fused-ring (bicyclic) bond motifs is 2. The standard InChI is InChI=1S/C28H24ClN5/c1-18(2)32-25-16-27-21(15-24(25)33-28-20(17-30)7-5-13-31-28)14-19-6-3-4-8-26(19)34(27)23-11-9-22(29)10-12-23/h3-13,15-16,18,21H,14H2,1-2H3,(H,31,33). The smallest absolute Gasteiger partial charge is 0.148 e. The third-order valence-corrected chi connectivity index (χ3v) is 6.15. The molecular formula is C28H24ClN5. The van der Waals surface area contributed by atoms with Gasteiger partial charge in [-0.05, 0) is 80.4 Å². The number of nitrogens with one attached hydrogen (secondary N) is 1. The van der Waals surface area contributed by atoms with E-state index in [4.69, 9.17) is 16.6 Å². The van der Waals surface area contributed by atoms with Crippen LogP contribution >= 0.6 is 11.6 Å². The zero-order valence-corrected chi connectivity index (χ0v) is 19.8. The average Bonchev–Trinajstić information content (AvgIpc) is 2.84. The molecule has 1 aliphatic heterocycles. The average molecular weight is 466 g/mol. The molecule has 34 heavy (non-hydrogen) atoms. The maximum atomic E-state index is 9.53. The van der Waals surface area contributed by atoms with E-state index >= 15 is 0 Å². The highest BCUT2D eigenvalue weighted by Gasteiger charge is 2.33. The predicted molar refractivity (Wildman–Crippen MR) is 139 cm³/mol. The van der Waals surface area contributed by atoms with Crippen molar-refractivity contribution < 1.29 is 0 Å².